The van der Waals surface area contributed by atoms with Crippen LogP contribution in [0.15, 0.2) is 23.4 Å². The minimum atomic E-state index is -1.48. The maximum atomic E-state index is 12.8. The molecule has 148 valence electrons. The fourth-order valence-electron chi connectivity index (χ4n) is 6.74. The van der Waals surface area contributed by atoms with Crippen molar-refractivity contribution in [3.8, 4) is 0 Å². The highest BCUT2D eigenvalue weighted by molar-refractivity contribution is 5.83. The molecule has 1 amide bonds. The molecule has 0 spiro atoms. The van der Waals surface area contributed by atoms with Crippen LogP contribution in [0, 0.1) is 28.6 Å². The molecule has 1 aliphatic heterocycles. The Labute approximate surface area is 161 Å². The molecule has 4 rings (SSSR count). The summed E-state index contributed by atoms with van der Waals surface area (Å²) in [5.74, 6) is -0.719. The molecule has 2 unspecified atom stereocenters. The van der Waals surface area contributed by atoms with Crippen LogP contribution in [-0.4, -0.2) is 40.1 Å². The highest BCUT2D eigenvalue weighted by Crippen LogP contribution is 2.63. The van der Waals surface area contributed by atoms with Crippen molar-refractivity contribution in [1.82, 2.24) is 4.90 Å². The Balaban J connectivity index is 1.68. The van der Waals surface area contributed by atoms with Crippen LogP contribution < -0.4 is 0 Å². The molecule has 27 heavy (non-hydrogen) atoms. The normalized spacial score (nSPS) is 41.9. The molecule has 0 bridgehead atoms. The van der Waals surface area contributed by atoms with Crippen molar-refractivity contribution in [2.24, 2.45) is 28.6 Å². The minimum Gasteiger partial charge on any atom is -0.479 e. The summed E-state index contributed by atoms with van der Waals surface area (Å²) in [6, 6.07) is 0. The summed E-state index contributed by atoms with van der Waals surface area (Å²) in [5, 5.41) is 18.9. The second kappa shape index (κ2) is 6.20. The maximum Gasteiger partial charge on any atom is 0.332 e. The van der Waals surface area contributed by atoms with Crippen molar-refractivity contribution < 1.29 is 19.8 Å². The molecule has 2 saturated carbocycles. The highest BCUT2D eigenvalue weighted by Gasteiger charge is 2.56. The van der Waals surface area contributed by atoms with Gasteiger partial charge in [0, 0.05) is 24.1 Å². The molecule has 3 aliphatic carbocycles. The maximum absolute atomic E-state index is 12.8. The number of hydrogen-bond acceptors (Lipinski definition) is 3. The number of aliphatic carboxylic acids is 1. The first-order valence-electron chi connectivity index (χ1n) is 10.3. The first-order chi connectivity index (χ1) is 12.7. The Hall–Kier alpha value is -1.62. The van der Waals surface area contributed by atoms with E-state index in [2.05, 4.69) is 26.0 Å². The van der Waals surface area contributed by atoms with Crippen molar-refractivity contribution in [1.29, 1.82) is 0 Å². The van der Waals surface area contributed by atoms with Gasteiger partial charge in [0.2, 0.25) is 5.91 Å². The van der Waals surface area contributed by atoms with Crippen LogP contribution >= 0.6 is 0 Å². The van der Waals surface area contributed by atoms with Crippen LogP contribution in [-0.2, 0) is 9.59 Å². The monoisotopic (exact) mass is 373 g/mol. The van der Waals surface area contributed by atoms with E-state index < -0.39 is 18.0 Å². The smallest absolute Gasteiger partial charge is 0.332 e. The lowest BCUT2D eigenvalue weighted by Gasteiger charge is -2.55. The molecule has 0 radical (unpaired) electrons. The number of allylic oxidation sites excluding steroid dienone is 4. The van der Waals surface area contributed by atoms with Gasteiger partial charge in [-0.15, -0.1) is 0 Å². The lowest BCUT2D eigenvalue weighted by Crippen LogP contribution is -2.53. The Bertz CT molecular complexity index is 741. The molecule has 4 aliphatic rings. The van der Waals surface area contributed by atoms with E-state index >= 15 is 0 Å². The van der Waals surface area contributed by atoms with Gasteiger partial charge in [-0.25, -0.2) is 4.79 Å². The first-order valence-corrected chi connectivity index (χ1v) is 10.3. The van der Waals surface area contributed by atoms with Gasteiger partial charge in [0.1, 0.15) is 0 Å². The number of aliphatic hydroxyl groups excluding tert-OH is 1. The van der Waals surface area contributed by atoms with Crippen LogP contribution in [0.4, 0.5) is 0 Å². The quantitative estimate of drug-likeness (QED) is 0.795. The van der Waals surface area contributed by atoms with E-state index in [1.54, 1.807) is 17.5 Å². The lowest BCUT2D eigenvalue weighted by molar-refractivity contribution is -0.150. The summed E-state index contributed by atoms with van der Waals surface area (Å²) in [4.78, 5) is 25.7. The molecule has 2 N–H and O–H groups in total. The van der Waals surface area contributed by atoms with Gasteiger partial charge in [-0.05, 0) is 61.9 Å². The zero-order chi connectivity index (χ0) is 19.6. The number of carboxylic acids is 1. The molecule has 3 fully saturated rings. The van der Waals surface area contributed by atoms with Crippen LogP contribution in [0.1, 0.15) is 58.8 Å². The third-order valence-electron chi connectivity index (χ3n) is 8.18. The van der Waals surface area contributed by atoms with Gasteiger partial charge in [0.25, 0.3) is 0 Å². The Morgan fingerprint density at radius 2 is 2.00 bits per heavy atom. The van der Waals surface area contributed by atoms with Gasteiger partial charge in [0.15, 0.2) is 6.10 Å². The number of likely N-dealkylation sites (tertiary alicyclic amines) is 1. The number of amides is 1. The average Bonchev–Trinajstić information content (AvgIpc) is 3.01. The Kier molecular flexibility index (Phi) is 4.30. The first kappa shape index (κ1) is 18.7. The molecular weight excluding hydrogens is 342 g/mol. The summed E-state index contributed by atoms with van der Waals surface area (Å²) in [6.07, 6.45) is 9.77. The van der Waals surface area contributed by atoms with E-state index in [0.29, 0.717) is 23.7 Å². The highest BCUT2D eigenvalue weighted by atomic mass is 16.4. The fraction of sp³-hybridized carbons (Fsp3) is 0.727. The van der Waals surface area contributed by atoms with Crippen LogP contribution in [0.3, 0.4) is 0 Å². The molecule has 5 nitrogen and oxygen atoms in total. The number of hydrogen-bond donors (Lipinski definition) is 2. The van der Waals surface area contributed by atoms with Crippen molar-refractivity contribution in [3.05, 3.63) is 23.4 Å². The number of carbonyl (C=O) groups is 2. The van der Waals surface area contributed by atoms with E-state index in [9.17, 15) is 14.7 Å². The lowest BCUT2D eigenvalue weighted by atomic mass is 9.52. The van der Waals surface area contributed by atoms with Crippen LogP contribution in [0.2, 0.25) is 0 Å². The summed E-state index contributed by atoms with van der Waals surface area (Å²) in [5.41, 5.74) is 2.86. The predicted molar refractivity (Wildman–Crippen MR) is 102 cm³/mol. The fourth-order valence-corrected chi connectivity index (χ4v) is 6.74. The van der Waals surface area contributed by atoms with E-state index in [1.807, 2.05) is 0 Å². The molecule has 0 aromatic heterocycles. The van der Waals surface area contributed by atoms with Gasteiger partial charge in [-0.3, -0.25) is 4.79 Å². The number of aliphatic hydroxyl groups is 1. The van der Waals surface area contributed by atoms with Crippen molar-refractivity contribution >= 4 is 11.9 Å². The van der Waals surface area contributed by atoms with E-state index in [4.69, 9.17) is 5.11 Å². The molecule has 1 heterocycles. The number of rotatable bonds is 3. The number of carbonyl (C=O) groups excluding carboxylic acids is 1. The SMILES string of the molecule is CN1C(=O)C(CC(O)C(=O)O)C[C@@]2(C)C1=CC=C1[C@@H]3CCC[C@@]3(C)CC[C@@H]12. The van der Waals surface area contributed by atoms with Crippen molar-refractivity contribution in [2.45, 2.75) is 64.9 Å². The largest absolute Gasteiger partial charge is 0.479 e. The molecule has 0 aromatic rings. The summed E-state index contributed by atoms with van der Waals surface area (Å²) >= 11 is 0. The van der Waals surface area contributed by atoms with E-state index in [1.165, 1.54) is 25.7 Å². The minimum absolute atomic E-state index is 0.00567. The van der Waals surface area contributed by atoms with Gasteiger partial charge in [-0.1, -0.05) is 31.9 Å². The molecule has 5 heteroatoms. The molecule has 6 atom stereocenters. The number of carboxylic acid groups (broad SMARTS) is 1. The number of nitrogens with zero attached hydrogens (tertiary/aromatic N) is 1. The standard InChI is InChI=1S/C22H31NO4/c1-21-9-4-5-15(21)14-6-7-18-22(2,16(14)8-10-21)12-13(19(25)23(18)3)11-17(24)20(26)27/h6-7,13,15-17,24H,4-5,8-12H2,1-3H3,(H,26,27)/t13?,15-,16-,17?,21-,22+/m0/s1. The third kappa shape index (κ3) is 2.69. The number of piperidine rings is 1. The van der Waals surface area contributed by atoms with Gasteiger partial charge in [-0.2, -0.15) is 0 Å². The van der Waals surface area contributed by atoms with Crippen molar-refractivity contribution in [3.63, 3.8) is 0 Å². The van der Waals surface area contributed by atoms with Gasteiger partial charge in [0.05, 0.1) is 0 Å². The summed E-state index contributed by atoms with van der Waals surface area (Å²) in [6.45, 7) is 4.68. The van der Waals surface area contributed by atoms with Crippen molar-refractivity contribution in [2.75, 3.05) is 7.05 Å². The van der Waals surface area contributed by atoms with E-state index in [0.717, 1.165) is 12.1 Å². The number of fused-ring (bicyclic) bond motifs is 5. The Morgan fingerprint density at radius 3 is 2.70 bits per heavy atom. The van der Waals surface area contributed by atoms with Gasteiger partial charge < -0.3 is 15.1 Å². The Morgan fingerprint density at radius 1 is 1.26 bits per heavy atom. The summed E-state index contributed by atoms with van der Waals surface area (Å²) < 4.78 is 0. The molecule has 0 aromatic carbocycles. The topological polar surface area (TPSA) is 77.8 Å². The zero-order valence-corrected chi connectivity index (χ0v) is 16.6. The zero-order valence-electron chi connectivity index (χ0n) is 16.6. The van der Waals surface area contributed by atoms with Gasteiger partial charge >= 0.3 is 5.97 Å². The second-order valence-corrected chi connectivity index (χ2v) is 9.71. The summed E-state index contributed by atoms with van der Waals surface area (Å²) in [7, 11) is 1.80. The third-order valence-corrected chi connectivity index (χ3v) is 8.18. The van der Waals surface area contributed by atoms with E-state index in [-0.39, 0.29) is 17.7 Å². The van der Waals surface area contributed by atoms with Crippen LogP contribution in [0.25, 0.3) is 0 Å². The molecule has 1 saturated heterocycles. The average molecular weight is 373 g/mol. The predicted octanol–water partition coefficient (Wildman–Crippen LogP) is 3.35. The van der Waals surface area contributed by atoms with Crippen LogP contribution in [0.5, 0.6) is 0 Å². The molecular formula is C22H31NO4. The second-order valence-electron chi connectivity index (χ2n) is 9.71.